The molecule has 196 valence electrons. The number of benzene rings is 3. The minimum absolute atomic E-state index is 0.0492. The molecular formula is C29H35N3O4S. The van der Waals surface area contributed by atoms with E-state index in [0.717, 1.165) is 55.2 Å². The Bertz CT molecular complexity index is 1360. The standard InChI is InChI=1S/C29H35N3O4S/c1-21-5-12-26(13-6-21)37(33,34)30-23-8-10-24(11-9-23)32-20-29(2)16-15-25(32)19-31(29)18-22-7-14-27(35-3)28(17-22)36-4/h5-14,17,25,30H,15-16,18-20H2,1-4H3/t25-,29?/m0/s1. The number of sulfonamides is 1. The summed E-state index contributed by atoms with van der Waals surface area (Å²) in [7, 11) is -0.296. The molecule has 0 radical (unpaired) electrons. The van der Waals surface area contributed by atoms with Crippen LogP contribution in [0.4, 0.5) is 11.4 Å². The zero-order valence-electron chi connectivity index (χ0n) is 21.9. The molecule has 37 heavy (non-hydrogen) atoms. The second-order valence-corrected chi connectivity index (χ2v) is 12.0. The number of aryl methyl sites for hydroxylation is 1. The average molecular weight is 522 g/mol. The Morgan fingerprint density at radius 2 is 1.68 bits per heavy atom. The van der Waals surface area contributed by atoms with Crippen molar-refractivity contribution in [3.8, 4) is 11.5 Å². The van der Waals surface area contributed by atoms with Gasteiger partial charge in [0.1, 0.15) is 0 Å². The fourth-order valence-corrected chi connectivity index (χ4v) is 6.60. The third kappa shape index (κ3) is 5.13. The topological polar surface area (TPSA) is 71.1 Å². The van der Waals surface area contributed by atoms with Crippen molar-refractivity contribution < 1.29 is 17.9 Å². The predicted molar refractivity (Wildman–Crippen MR) is 147 cm³/mol. The SMILES string of the molecule is COc1ccc(CN2C[C@@H]3CCC2(C)CN3c2ccc(NS(=O)(=O)c3ccc(C)cc3)cc2)cc1OC. The Labute approximate surface area is 220 Å². The van der Waals surface area contributed by atoms with Gasteiger partial charge in [-0.05, 0) is 80.8 Å². The van der Waals surface area contributed by atoms with Crippen molar-refractivity contribution in [2.45, 2.75) is 49.7 Å². The first-order chi connectivity index (χ1) is 17.7. The van der Waals surface area contributed by atoms with Gasteiger partial charge in [0.2, 0.25) is 0 Å². The minimum Gasteiger partial charge on any atom is -0.493 e. The lowest BCUT2D eigenvalue weighted by atomic mass is 9.79. The van der Waals surface area contributed by atoms with Gasteiger partial charge in [0.25, 0.3) is 10.0 Å². The van der Waals surface area contributed by atoms with Crippen LogP contribution in [0.1, 0.15) is 30.9 Å². The maximum absolute atomic E-state index is 12.8. The second kappa shape index (κ2) is 9.91. The lowest BCUT2D eigenvalue weighted by Gasteiger charge is -2.58. The zero-order chi connectivity index (χ0) is 26.2. The van der Waals surface area contributed by atoms with E-state index in [-0.39, 0.29) is 10.4 Å². The summed E-state index contributed by atoms with van der Waals surface area (Å²) in [6.07, 6.45) is 2.29. The molecule has 3 heterocycles. The Morgan fingerprint density at radius 3 is 2.32 bits per heavy atom. The molecule has 0 spiro atoms. The summed E-state index contributed by atoms with van der Waals surface area (Å²) in [6.45, 7) is 7.05. The number of hydrogen-bond acceptors (Lipinski definition) is 6. The van der Waals surface area contributed by atoms with Crippen molar-refractivity contribution in [1.82, 2.24) is 4.90 Å². The van der Waals surface area contributed by atoms with E-state index in [1.165, 1.54) is 5.56 Å². The summed E-state index contributed by atoms with van der Waals surface area (Å²) in [5, 5.41) is 0. The van der Waals surface area contributed by atoms with Crippen molar-refractivity contribution in [1.29, 1.82) is 0 Å². The Hall–Kier alpha value is -3.23. The molecule has 3 aliphatic rings. The molecule has 0 aromatic heterocycles. The first-order valence-electron chi connectivity index (χ1n) is 12.6. The summed E-state index contributed by atoms with van der Waals surface area (Å²) < 4.78 is 39.1. The molecule has 1 N–H and O–H groups in total. The molecule has 8 heteroatoms. The molecule has 3 aromatic carbocycles. The number of piperazine rings is 1. The van der Waals surface area contributed by atoms with Crippen molar-refractivity contribution in [3.05, 3.63) is 77.9 Å². The number of nitrogens with zero attached hydrogens (tertiary/aromatic N) is 2. The van der Waals surface area contributed by atoms with Crippen molar-refractivity contribution >= 4 is 21.4 Å². The van der Waals surface area contributed by atoms with E-state index in [2.05, 4.69) is 33.6 Å². The maximum atomic E-state index is 12.8. The summed E-state index contributed by atoms with van der Waals surface area (Å²) >= 11 is 0. The second-order valence-electron chi connectivity index (χ2n) is 10.4. The van der Waals surface area contributed by atoms with Crippen molar-refractivity contribution in [2.75, 3.05) is 36.9 Å². The van der Waals surface area contributed by atoms with E-state index >= 15 is 0 Å². The first kappa shape index (κ1) is 25.4. The quantitative estimate of drug-likeness (QED) is 0.447. The van der Waals surface area contributed by atoms with Gasteiger partial charge in [-0.2, -0.15) is 0 Å². The summed E-state index contributed by atoms with van der Waals surface area (Å²) in [5.74, 6) is 1.50. The van der Waals surface area contributed by atoms with E-state index in [1.807, 2.05) is 37.3 Å². The van der Waals surface area contributed by atoms with Crippen molar-refractivity contribution in [3.63, 3.8) is 0 Å². The Morgan fingerprint density at radius 1 is 0.973 bits per heavy atom. The van der Waals surface area contributed by atoms with Gasteiger partial charge < -0.3 is 14.4 Å². The molecule has 2 atom stereocenters. The summed E-state index contributed by atoms with van der Waals surface area (Å²) in [6, 6.07) is 21.2. The molecule has 0 saturated carbocycles. The highest BCUT2D eigenvalue weighted by Crippen LogP contribution is 2.41. The first-order valence-corrected chi connectivity index (χ1v) is 14.1. The van der Waals surface area contributed by atoms with Crippen LogP contribution in [0.15, 0.2) is 71.6 Å². The smallest absolute Gasteiger partial charge is 0.261 e. The fourth-order valence-electron chi connectivity index (χ4n) is 5.54. The van der Waals surface area contributed by atoms with Gasteiger partial charge in [-0.3, -0.25) is 9.62 Å². The third-order valence-electron chi connectivity index (χ3n) is 7.77. The Kier molecular flexibility index (Phi) is 6.81. The number of piperidine rings is 2. The van der Waals surface area contributed by atoms with Crippen LogP contribution in [-0.4, -0.2) is 52.2 Å². The zero-order valence-corrected chi connectivity index (χ0v) is 22.7. The van der Waals surface area contributed by atoms with E-state index in [4.69, 9.17) is 9.47 Å². The molecule has 3 fully saturated rings. The molecule has 2 bridgehead atoms. The van der Waals surface area contributed by atoms with Crippen LogP contribution in [0.25, 0.3) is 0 Å². The van der Waals surface area contributed by atoms with Crippen LogP contribution < -0.4 is 19.1 Å². The number of ether oxygens (including phenoxy) is 2. The normalized spacial score (nSPS) is 21.6. The Balaban J connectivity index is 1.28. The number of hydrogen-bond donors (Lipinski definition) is 1. The van der Waals surface area contributed by atoms with Crippen LogP contribution in [0.3, 0.4) is 0 Å². The lowest BCUT2D eigenvalue weighted by molar-refractivity contribution is 0.0129. The molecule has 0 amide bonds. The molecular weight excluding hydrogens is 486 g/mol. The molecule has 6 rings (SSSR count). The molecule has 0 aliphatic carbocycles. The van der Waals surface area contributed by atoms with Crippen LogP contribution >= 0.6 is 0 Å². The van der Waals surface area contributed by atoms with Crippen LogP contribution in [-0.2, 0) is 16.6 Å². The van der Waals surface area contributed by atoms with E-state index in [0.29, 0.717) is 11.7 Å². The molecule has 7 nitrogen and oxygen atoms in total. The minimum atomic E-state index is -3.62. The van der Waals surface area contributed by atoms with E-state index < -0.39 is 10.0 Å². The fraction of sp³-hybridized carbons (Fsp3) is 0.379. The number of nitrogens with one attached hydrogen (secondary N) is 1. The average Bonchev–Trinajstić information content (AvgIpc) is 2.89. The van der Waals surface area contributed by atoms with Gasteiger partial charge in [0, 0.05) is 42.6 Å². The number of fused-ring (bicyclic) bond motifs is 3. The van der Waals surface area contributed by atoms with Crippen molar-refractivity contribution in [2.24, 2.45) is 0 Å². The van der Waals surface area contributed by atoms with Gasteiger partial charge in [-0.1, -0.05) is 23.8 Å². The predicted octanol–water partition coefficient (Wildman–Crippen LogP) is 5.06. The van der Waals surface area contributed by atoms with Gasteiger partial charge in [-0.25, -0.2) is 8.42 Å². The highest BCUT2D eigenvalue weighted by molar-refractivity contribution is 7.92. The van der Waals surface area contributed by atoms with E-state index in [9.17, 15) is 8.42 Å². The van der Waals surface area contributed by atoms with Crippen LogP contribution in [0.2, 0.25) is 0 Å². The summed E-state index contributed by atoms with van der Waals surface area (Å²) in [5.41, 5.74) is 3.97. The summed E-state index contributed by atoms with van der Waals surface area (Å²) in [4.78, 5) is 5.33. The van der Waals surface area contributed by atoms with Gasteiger partial charge in [-0.15, -0.1) is 0 Å². The van der Waals surface area contributed by atoms with Gasteiger partial charge >= 0.3 is 0 Å². The van der Waals surface area contributed by atoms with Gasteiger partial charge in [0.15, 0.2) is 11.5 Å². The van der Waals surface area contributed by atoms with Crippen LogP contribution in [0, 0.1) is 6.92 Å². The van der Waals surface area contributed by atoms with Gasteiger partial charge in [0.05, 0.1) is 19.1 Å². The van der Waals surface area contributed by atoms with E-state index in [1.54, 1.807) is 38.5 Å². The highest BCUT2D eigenvalue weighted by atomic mass is 32.2. The van der Waals surface area contributed by atoms with Crippen LogP contribution in [0.5, 0.6) is 11.5 Å². The lowest BCUT2D eigenvalue weighted by Crippen LogP contribution is -2.68. The number of anilines is 2. The molecule has 3 aliphatic heterocycles. The molecule has 3 saturated heterocycles. The third-order valence-corrected chi connectivity index (χ3v) is 9.16. The number of rotatable bonds is 8. The monoisotopic (exact) mass is 521 g/mol. The maximum Gasteiger partial charge on any atom is 0.261 e. The number of methoxy groups -OCH3 is 2. The highest BCUT2D eigenvalue weighted by Gasteiger charge is 2.46. The molecule has 3 aromatic rings. The largest absolute Gasteiger partial charge is 0.493 e. The molecule has 1 unspecified atom stereocenters.